The summed E-state index contributed by atoms with van der Waals surface area (Å²) in [7, 11) is 1.46. The van der Waals surface area contributed by atoms with Crippen LogP contribution in [0.5, 0.6) is 5.75 Å². The second-order valence-electron chi connectivity index (χ2n) is 19.5. The van der Waals surface area contributed by atoms with Crippen molar-refractivity contribution in [2.75, 3.05) is 7.11 Å². The average Bonchev–Trinajstić information content (AvgIpc) is 3.51. The number of hydrogen-bond donors (Lipinski definition) is 4. The van der Waals surface area contributed by atoms with Crippen LogP contribution in [0, 0.1) is 41.9 Å². The predicted molar refractivity (Wildman–Crippen MR) is 241 cm³/mol. The average molecular weight is 1000 g/mol. The van der Waals surface area contributed by atoms with Crippen LogP contribution >= 0.6 is 15.9 Å². The number of carbonyl (C=O) groups is 4. The van der Waals surface area contributed by atoms with E-state index in [1.54, 1.807) is 45.9 Å². The highest BCUT2D eigenvalue weighted by molar-refractivity contribution is 9.10. The molecule has 4 aliphatic heterocycles. The first-order valence-electron chi connectivity index (χ1n) is 23.6. The van der Waals surface area contributed by atoms with Gasteiger partial charge in [-0.15, -0.1) is 0 Å². The van der Waals surface area contributed by atoms with Gasteiger partial charge >= 0.3 is 23.9 Å². The standard InChI is InChI=1S/C50H63BrO16/c1-24-33(51)18-19-36(60-6)40(24)46(57)64-37-22-39(61-26(3)41(37)53)65-42-27(4)62-38(21-34(42)52)63-35-15-11-14-32-30(35)17-16-29-13-10-8-7-9-12-28-20-31(45(55)56)25(2)50(23-28)44(54)43(47(58)67-50)66-48(59)49(29,32)5/h9,12,16-20,25-30,32,34-35,37-39,41-42,52-54H,7-8,10-11,13-15,21-23H2,1-6H3,(H,55,56)/b12-9+/t25-,26+,27+,28+,29+,30-,32+,34+,35-,37+,38-,39-,41+,42+,49+,50+/m0/s1. The minimum atomic E-state index is -1.72. The van der Waals surface area contributed by atoms with Gasteiger partial charge in [0.15, 0.2) is 23.9 Å². The lowest BCUT2D eigenvalue weighted by Crippen LogP contribution is -2.56. The van der Waals surface area contributed by atoms with Crippen LogP contribution < -0.4 is 4.74 Å². The fourth-order valence-corrected chi connectivity index (χ4v) is 12.0. The van der Waals surface area contributed by atoms with Gasteiger partial charge in [-0.05, 0) is 95.2 Å². The molecule has 0 radical (unpaired) electrons. The lowest BCUT2D eigenvalue weighted by atomic mass is 9.55. The predicted octanol–water partition coefficient (Wildman–Crippen LogP) is 7.07. The Hall–Kier alpha value is -4.10. The quantitative estimate of drug-likeness (QED) is 0.116. The van der Waals surface area contributed by atoms with Crippen molar-refractivity contribution < 1.29 is 77.5 Å². The van der Waals surface area contributed by atoms with Crippen LogP contribution in [0.4, 0.5) is 0 Å². The van der Waals surface area contributed by atoms with Crippen molar-refractivity contribution in [2.24, 2.45) is 35.0 Å². The van der Waals surface area contributed by atoms with Crippen LogP contribution in [0.15, 0.2) is 64.1 Å². The minimum absolute atomic E-state index is 0.00106. The maximum Gasteiger partial charge on any atom is 0.379 e. The summed E-state index contributed by atoms with van der Waals surface area (Å²) in [4.78, 5) is 54.2. The van der Waals surface area contributed by atoms with Crippen molar-refractivity contribution in [3.8, 4) is 5.75 Å². The number of hydrogen-bond acceptors (Lipinski definition) is 15. The highest BCUT2D eigenvalue weighted by atomic mass is 79.9. The van der Waals surface area contributed by atoms with Crippen LogP contribution in [0.2, 0.25) is 0 Å². The molecule has 67 heavy (non-hydrogen) atoms. The highest BCUT2D eigenvalue weighted by Gasteiger charge is 2.60. The van der Waals surface area contributed by atoms with Gasteiger partial charge in [-0.25, -0.2) is 14.4 Å². The van der Waals surface area contributed by atoms with Crippen molar-refractivity contribution in [2.45, 2.75) is 160 Å². The van der Waals surface area contributed by atoms with Crippen LogP contribution in [-0.2, 0) is 47.5 Å². The number of carboxylic acid groups (broad SMARTS) is 1. The number of aliphatic hydroxyl groups excluding tert-OH is 3. The molecule has 366 valence electrons. The normalized spacial score (nSPS) is 40.5. The molecule has 0 amide bonds. The smallest absolute Gasteiger partial charge is 0.379 e. The van der Waals surface area contributed by atoms with Crippen LogP contribution in [0.25, 0.3) is 0 Å². The number of ether oxygens (including phenoxy) is 8. The molecule has 16 atom stereocenters. The first-order valence-corrected chi connectivity index (χ1v) is 24.4. The number of methoxy groups -OCH3 is 1. The van der Waals surface area contributed by atoms with E-state index in [1.807, 2.05) is 25.2 Å². The SMILES string of the molecule is COc1ccc(Br)c(C)c1C(=O)O[C@@H]1C[C@H](O[C@H]2[C@H](O)C[C@H](O[C@H]3CCC[C@@H]4[C@@H]3C=C[C@H]3CCCC/C=C/[C@@H]5C=C(C(=O)O)[C@H](C)[C@@]6(C5)OC(=O)C(=C6O)OC(=O)[C@@]43C)O[C@@H]2C)O[C@H](C)[C@H]1O. The lowest BCUT2D eigenvalue weighted by Gasteiger charge is -2.51. The fourth-order valence-electron chi connectivity index (χ4n) is 11.7. The molecule has 16 nitrogen and oxygen atoms in total. The number of fused-ring (bicyclic) bond motifs is 4. The first kappa shape index (κ1) is 49.3. The molecule has 3 aliphatic carbocycles. The monoisotopic (exact) mass is 998 g/mol. The van der Waals surface area contributed by atoms with E-state index in [2.05, 4.69) is 22.0 Å². The van der Waals surface area contributed by atoms with Gasteiger partial charge in [0, 0.05) is 41.1 Å². The topological polar surface area (TPSA) is 223 Å². The molecule has 7 aliphatic rings. The fraction of sp³-hybridized carbons (Fsp3) is 0.640. The number of carboxylic acids is 1. The molecule has 4 N–H and O–H groups in total. The van der Waals surface area contributed by atoms with Gasteiger partial charge < -0.3 is 58.3 Å². The number of esters is 3. The number of aliphatic hydroxyl groups is 3. The van der Waals surface area contributed by atoms with Gasteiger partial charge in [0.2, 0.25) is 0 Å². The Bertz CT molecular complexity index is 2210. The molecule has 3 fully saturated rings. The number of carbonyl (C=O) groups excluding carboxylic acids is 3. The van der Waals surface area contributed by atoms with Gasteiger partial charge in [-0.2, -0.15) is 0 Å². The zero-order valence-corrected chi connectivity index (χ0v) is 40.3. The van der Waals surface area contributed by atoms with Gasteiger partial charge in [0.1, 0.15) is 29.6 Å². The van der Waals surface area contributed by atoms with Crippen molar-refractivity contribution in [1.82, 2.24) is 0 Å². The first-order chi connectivity index (χ1) is 31.9. The molecule has 4 heterocycles. The van der Waals surface area contributed by atoms with Gasteiger partial charge in [-0.3, -0.25) is 4.79 Å². The van der Waals surface area contributed by atoms with Crippen LogP contribution in [0.3, 0.4) is 0 Å². The zero-order valence-electron chi connectivity index (χ0n) is 38.8. The summed E-state index contributed by atoms with van der Waals surface area (Å²) in [6.45, 7) is 8.61. The van der Waals surface area contributed by atoms with Crippen molar-refractivity contribution in [3.05, 3.63) is 75.2 Å². The van der Waals surface area contributed by atoms with E-state index in [9.17, 15) is 39.6 Å². The summed E-state index contributed by atoms with van der Waals surface area (Å²) < 4.78 is 49.2. The van der Waals surface area contributed by atoms with E-state index in [0.717, 1.165) is 12.8 Å². The number of aliphatic carboxylic acids is 1. The van der Waals surface area contributed by atoms with E-state index in [-0.39, 0.29) is 48.2 Å². The molecular formula is C50H63BrO16. The Morgan fingerprint density at radius 2 is 1.66 bits per heavy atom. The van der Waals surface area contributed by atoms with E-state index in [0.29, 0.717) is 47.9 Å². The summed E-state index contributed by atoms with van der Waals surface area (Å²) >= 11 is 3.45. The van der Waals surface area contributed by atoms with Crippen LogP contribution in [0.1, 0.15) is 108 Å². The Morgan fingerprint density at radius 3 is 2.39 bits per heavy atom. The zero-order chi connectivity index (χ0) is 48.1. The number of rotatable bonds is 8. The molecule has 3 bridgehead atoms. The molecule has 0 aromatic heterocycles. The van der Waals surface area contributed by atoms with Crippen molar-refractivity contribution in [1.29, 1.82) is 0 Å². The largest absolute Gasteiger partial charge is 0.505 e. The lowest BCUT2D eigenvalue weighted by molar-refractivity contribution is -0.318. The third-order valence-electron chi connectivity index (χ3n) is 15.6. The maximum atomic E-state index is 14.8. The molecule has 1 aromatic rings. The summed E-state index contributed by atoms with van der Waals surface area (Å²) in [5.74, 6) is -6.61. The van der Waals surface area contributed by atoms with E-state index in [1.165, 1.54) is 7.11 Å². The molecule has 17 heteroatoms. The van der Waals surface area contributed by atoms with E-state index >= 15 is 0 Å². The van der Waals surface area contributed by atoms with E-state index in [4.69, 9.17) is 37.9 Å². The third kappa shape index (κ3) is 9.26. The molecule has 1 saturated carbocycles. The summed E-state index contributed by atoms with van der Waals surface area (Å²) in [5, 5.41) is 44.4. The molecule has 0 unspecified atom stereocenters. The Morgan fingerprint density at radius 1 is 0.910 bits per heavy atom. The number of benzene rings is 1. The summed E-state index contributed by atoms with van der Waals surface area (Å²) in [6.07, 6.45) is 7.14. The van der Waals surface area contributed by atoms with Crippen LogP contribution in [-0.4, -0.2) is 112 Å². The van der Waals surface area contributed by atoms with E-state index < -0.39 is 114 Å². The van der Waals surface area contributed by atoms with Gasteiger partial charge in [0.25, 0.3) is 5.76 Å². The highest BCUT2D eigenvalue weighted by Crippen LogP contribution is 2.55. The second kappa shape index (κ2) is 19.7. The Balaban J connectivity index is 0.955. The molecule has 8 rings (SSSR count). The molecule has 2 saturated heterocycles. The minimum Gasteiger partial charge on any atom is -0.505 e. The number of halogens is 1. The number of allylic oxidation sites excluding steroid dienone is 4. The van der Waals surface area contributed by atoms with Gasteiger partial charge in [-0.1, -0.05) is 66.1 Å². The molecular weight excluding hydrogens is 936 g/mol. The third-order valence-corrected chi connectivity index (χ3v) is 16.4. The maximum absolute atomic E-state index is 14.8. The summed E-state index contributed by atoms with van der Waals surface area (Å²) in [6, 6.07) is 3.42. The summed E-state index contributed by atoms with van der Waals surface area (Å²) in [5.41, 5.74) is -2.03. The molecule has 1 spiro atoms. The van der Waals surface area contributed by atoms with Crippen molar-refractivity contribution >= 4 is 39.8 Å². The van der Waals surface area contributed by atoms with Gasteiger partial charge in [0.05, 0.1) is 36.9 Å². The Labute approximate surface area is 398 Å². The van der Waals surface area contributed by atoms with Crippen molar-refractivity contribution in [3.63, 3.8) is 0 Å². The Kier molecular flexibility index (Phi) is 14.5. The second-order valence-corrected chi connectivity index (χ2v) is 20.4. The molecule has 1 aromatic carbocycles.